The SMILES string of the molecule is CCCCOc1ccc([C@H]2/C(=C(\O)c3ccc4c(c3)C[C@H](C)O4)C(=O)C(=O)N2CCN2CCOCC2)cc1OCC. The Labute approximate surface area is 241 Å². The topological polar surface area (TPSA) is 97.8 Å². The van der Waals surface area contributed by atoms with Gasteiger partial charge in [0.15, 0.2) is 11.5 Å². The van der Waals surface area contributed by atoms with Crippen molar-refractivity contribution in [1.82, 2.24) is 9.80 Å². The van der Waals surface area contributed by atoms with Crippen molar-refractivity contribution in [1.29, 1.82) is 0 Å². The number of rotatable bonds is 11. The summed E-state index contributed by atoms with van der Waals surface area (Å²) >= 11 is 0. The summed E-state index contributed by atoms with van der Waals surface area (Å²) in [5.41, 5.74) is 2.21. The van der Waals surface area contributed by atoms with Crippen molar-refractivity contribution in [3.05, 3.63) is 58.7 Å². The Balaban J connectivity index is 1.54. The number of benzene rings is 2. The highest BCUT2D eigenvalue weighted by Gasteiger charge is 2.46. The van der Waals surface area contributed by atoms with Crippen LogP contribution in [0.4, 0.5) is 0 Å². The van der Waals surface area contributed by atoms with Crippen molar-refractivity contribution >= 4 is 17.4 Å². The standard InChI is InChI=1S/C32H40N2O7/c1-4-6-15-40-26-10-7-22(20-27(26)39-5-2)29-28(30(35)23-8-9-25-24(19-23)18-21(3)41-25)31(36)32(37)34(29)12-11-33-13-16-38-17-14-33/h7-10,19-21,29,35H,4-6,11-18H2,1-3H3/b30-28+/t21-,29-/m0/s1. The van der Waals surface area contributed by atoms with Gasteiger partial charge in [-0.2, -0.15) is 0 Å². The van der Waals surface area contributed by atoms with E-state index in [1.54, 1.807) is 11.0 Å². The van der Waals surface area contributed by atoms with E-state index in [2.05, 4.69) is 11.8 Å². The number of carbonyl (C=O) groups excluding carboxylic acids is 2. The first-order chi connectivity index (χ1) is 19.9. The van der Waals surface area contributed by atoms with Crippen LogP contribution in [-0.4, -0.2) is 85.3 Å². The average Bonchev–Trinajstić information content (AvgIpc) is 3.48. The number of ketones is 1. The highest BCUT2D eigenvalue weighted by molar-refractivity contribution is 6.46. The van der Waals surface area contributed by atoms with Crippen LogP contribution in [-0.2, 0) is 20.7 Å². The van der Waals surface area contributed by atoms with Crippen LogP contribution in [0.5, 0.6) is 17.2 Å². The molecule has 0 bridgehead atoms. The number of unbranched alkanes of at least 4 members (excludes halogenated alkanes) is 1. The van der Waals surface area contributed by atoms with Crippen LogP contribution in [0.1, 0.15) is 56.3 Å². The molecule has 9 nitrogen and oxygen atoms in total. The maximum absolute atomic E-state index is 13.6. The minimum Gasteiger partial charge on any atom is -0.507 e. The molecule has 1 N–H and O–H groups in total. The number of hydrogen-bond acceptors (Lipinski definition) is 8. The molecular weight excluding hydrogens is 524 g/mol. The Bertz CT molecular complexity index is 1300. The Morgan fingerprint density at radius 3 is 2.59 bits per heavy atom. The number of carbonyl (C=O) groups is 2. The zero-order chi connectivity index (χ0) is 28.9. The first-order valence-corrected chi connectivity index (χ1v) is 14.7. The van der Waals surface area contributed by atoms with E-state index in [1.807, 2.05) is 44.2 Å². The fraction of sp³-hybridized carbons (Fsp3) is 0.500. The Kier molecular flexibility index (Phi) is 9.15. The fourth-order valence-electron chi connectivity index (χ4n) is 5.66. The summed E-state index contributed by atoms with van der Waals surface area (Å²) in [5.74, 6) is 0.429. The van der Waals surface area contributed by atoms with Gasteiger partial charge in [0.2, 0.25) is 0 Å². The van der Waals surface area contributed by atoms with Crippen molar-refractivity contribution in [2.45, 2.75) is 52.2 Å². The van der Waals surface area contributed by atoms with Gasteiger partial charge in [-0.1, -0.05) is 19.4 Å². The van der Waals surface area contributed by atoms with Crippen molar-refractivity contribution in [2.24, 2.45) is 0 Å². The lowest BCUT2D eigenvalue weighted by Crippen LogP contribution is -2.42. The normalized spacial score (nSPS) is 22.1. The third kappa shape index (κ3) is 6.21. The van der Waals surface area contributed by atoms with Gasteiger partial charge in [-0.25, -0.2) is 0 Å². The summed E-state index contributed by atoms with van der Waals surface area (Å²) in [6.07, 6.45) is 2.68. The maximum atomic E-state index is 13.6. The van der Waals surface area contributed by atoms with Gasteiger partial charge in [-0.05, 0) is 61.7 Å². The van der Waals surface area contributed by atoms with Crippen LogP contribution in [0.15, 0.2) is 42.0 Å². The van der Waals surface area contributed by atoms with Crippen LogP contribution < -0.4 is 14.2 Å². The Hall–Kier alpha value is -3.56. The fourth-order valence-corrected chi connectivity index (χ4v) is 5.66. The first kappa shape index (κ1) is 29.0. The number of nitrogens with zero attached hydrogens (tertiary/aromatic N) is 2. The molecule has 2 fully saturated rings. The molecule has 220 valence electrons. The number of morpholine rings is 1. The van der Waals surface area contributed by atoms with E-state index in [0.717, 1.165) is 37.2 Å². The molecule has 41 heavy (non-hydrogen) atoms. The average molecular weight is 565 g/mol. The van der Waals surface area contributed by atoms with Gasteiger partial charge in [0.25, 0.3) is 11.7 Å². The smallest absolute Gasteiger partial charge is 0.295 e. The summed E-state index contributed by atoms with van der Waals surface area (Å²) in [4.78, 5) is 30.9. The summed E-state index contributed by atoms with van der Waals surface area (Å²) < 4.78 is 23.2. The van der Waals surface area contributed by atoms with E-state index in [-0.39, 0.29) is 17.4 Å². The minimum absolute atomic E-state index is 0.0446. The second kappa shape index (κ2) is 13.0. The molecule has 0 unspecified atom stereocenters. The number of ether oxygens (including phenoxy) is 4. The van der Waals surface area contributed by atoms with Gasteiger partial charge in [0, 0.05) is 38.2 Å². The first-order valence-electron chi connectivity index (χ1n) is 14.7. The molecule has 2 saturated heterocycles. The third-order valence-electron chi connectivity index (χ3n) is 7.81. The van der Waals surface area contributed by atoms with Crippen molar-refractivity contribution in [3.63, 3.8) is 0 Å². The van der Waals surface area contributed by atoms with Crippen molar-refractivity contribution in [3.8, 4) is 17.2 Å². The third-order valence-corrected chi connectivity index (χ3v) is 7.81. The zero-order valence-electron chi connectivity index (χ0n) is 24.2. The zero-order valence-corrected chi connectivity index (χ0v) is 24.2. The van der Waals surface area contributed by atoms with Gasteiger partial charge in [-0.3, -0.25) is 14.5 Å². The van der Waals surface area contributed by atoms with E-state index in [0.29, 0.717) is 68.6 Å². The van der Waals surface area contributed by atoms with E-state index in [4.69, 9.17) is 18.9 Å². The lowest BCUT2D eigenvalue weighted by Gasteiger charge is -2.31. The molecule has 2 aromatic carbocycles. The molecule has 3 aliphatic rings. The quantitative estimate of drug-likeness (QED) is 0.186. The van der Waals surface area contributed by atoms with Gasteiger partial charge in [-0.15, -0.1) is 0 Å². The molecule has 9 heteroatoms. The van der Waals surface area contributed by atoms with Crippen LogP contribution in [0, 0.1) is 0 Å². The minimum atomic E-state index is -0.775. The number of fused-ring (bicyclic) bond motifs is 1. The summed E-state index contributed by atoms with van der Waals surface area (Å²) in [6, 6.07) is 10.1. The molecule has 0 radical (unpaired) electrons. The predicted molar refractivity (Wildman–Crippen MR) is 155 cm³/mol. The van der Waals surface area contributed by atoms with Gasteiger partial charge in [0.1, 0.15) is 17.6 Å². The molecule has 0 aliphatic carbocycles. The molecule has 2 aromatic rings. The van der Waals surface area contributed by atoms with E-state index < -0.39 is 17.7 Å². The number of amides is 1. The summed E-state index contributed by atoms with van der Waals surface area (Å²) in [7, 11) is 0. The van der Waals surface area contributed by atoms with Crippen LogP contribution >= 0.6 is 0 Å². The number of aliphatic hydroxyl groups is 1. The van der Waals surface area contributed by atoms with E-state index in [9.17, 15) is 14.7 Å². The molecule has 0 saturated carbocycles. The molecule has 1 amide bonds. The molecular formula is C32H40N2O7. The molecule has 0 aromatic heterocycles. The van der Waals surface area contributed by atoms with E-state index >= 15 is 0 Å². The lowest BCUT2D eigenvalue weighted by atomic mass is 9.94. The summed E-state index contributed by atoms with van der Waals surface area (Å²) in [6.45, 7) is 10.7. The second-order valence-corrected chi connectivity index (χ2v) is 10.7. The number of aliphatic hydroxyl groups excluding tert-OH is 1. The largest absolute Gasteiger partial charge is 0.507 e. The Morgan fingerprint density at radius 2 is 1.83 bits per heavy atom. The highest BCUT2D eigenvalue weighted by atomic mass is 16.5. The van der Waals surface area contributed by atoms with Gasteiger partial charge < -0.3 is 29.0 Å². The summed E-state index contributed by atoms with van der Waals surface area (Å²) in [5, 5.41) is 11.6. The van der Waals surface area contributed by atoms with Crippen molar-refractivity contribution < 1.29 is 33.6 Å². The van der Waals surface area contributed by atoms with Gasteiger partial charge >= 0.3 is 0 Å². The van der Waals surface area contributed by atoms with Gasteiger partial charge in [0.05, 0.1) is 38.0 Å². The predicted octanol–water partition coefficient (Wildman–Crippen LogP) is 4.34. The Morgan fingerprint density at radius 1 is 1.02 bits per heavy atom. The monoisotopic (exact) mass is 564 g/mol. The molecule has 5 rings (SSSR count). The number of likely N-dealkylation sites (tertiary alicyclic amines) is 1. The van der Waals surface area contributed by atoms with E-state index in [1.165, 1.54) is 0 Å². The van der Waals surface area contributed by atoms with Crippen molar-refractivity contribution in [2.75, 3.05) is 52.6 Å². The molecule has 3 heterocycles. The van der Waals surface area contributed by atoms with Crippen LogP contribution in [0.2, 0.25) is 0 Å². The highest BCUT2D eigenvalue weighted by Crippen LogP contribution is 2.43. The molecule has 0 spiro atoms. The number of Topliss-reactive ketones (excluding diaryl/α,β-unsaturated/α-hetero) is 1. The van der Waals surface area contributed by atoms with Crippen LogP contribution in [0.25, 0.3) is 5.76 Å². The van der Waals surface area contributed by atoms with Crippen LogP contribution in [0.3, 0.4) is 0 Å². The molecule has 3 aliphatic heterocycles. The maximum Gasteiger partial charge on any atom is 0.295 e. The lowest BCUT2D eigenvalue weighted by molar-refractivity contribution is -0.140. The number of hydrogen-bond donors (Lipinski definition) is 1. The second-order valence-electron chi connectivity index (χ2n) is 10.7. The molecule has 2 atom stereocenters.